The van der Waals surface area contributed by atoms with Gasteiger partial charge in [0.25, 0.3) is 5.91 Å². The molecular formula is C18H24N4O3S. The average molecular weight is 376 g/mol. The Morgan fingerprint density at radius 2 is 1.81 bits per heavy atom. The number of hydrogen-bond donors (Lipinski definition) is 1. The minimum atomic E-state index is -3.65. The molecule has 26 heavy (non-hydrogen) atoms. The highest BCUT2D eigenvalue weighted by Gasteiger charge is 2.28. The fourth-order valence-corrected chi connectivity index (χ4v) is 4.11. The number of hydrogen-bond acceptors (Lipinski definition) is 5. The Labute approximate surface area is 154 Å². The van der Waals surface area contributed by atoms with E-state index in [1.165, 1.54) is 25.0 Å². The van der Waals surface area contributed by atoms with Gasteiger partial charge in [0, 0.05) is 51.3 Å². The van der Waals surface area contributed by atoms with Crippen LogP contribution in [0.1, 0.15) is 29.6 Å². The second-order valence-corrected chi connectivity index (χ2v) is 8.63. The first-order valence-electron chi connectivity index (χ1n) is 8.98. The van der Waals surface area contributed by atoms with Crippen LogP contribution in [-0.4, -0.2) is 63.4 Å². The molecule has 1 N–H and O–H groups in total. The van der Waals surface area contributed by atoms with Crippen LogP contribution >= 0.6 is 0 Å². The molecule has 1 heterocycles. The Bertz CT molecular complexity index is 774. The van der Waals surface area contributed by atoms with Crippen LogP contribution in [0.4, 0.5) is 0 Å². The topological polar surface area (TPSA) is 93.5 Å². The van der Waals surface area contributed by atoms with Crippen LogP contribution in [0, 0.1) is 17.2 Å². The van der Waals surface area contributed by atoms with Gasteiger partial charge in [-0.2, -0.15) is 5.26 Å². The molecule has 1 aliphatic carbocycles. The van der Waals surface area contributed by atoms with E-state index in [0.717, 1.165) is 25.6 Å². The van der Waals surface area contributed by atoms with Gasteiger partial charge in [-0.05, 0) is 43.0 Å². The molecule has 0 unspecified atom stereocenters. The summed E-state index contributed by atoms with van der Waals surface area (Å²) in [5.74, 6) is 0.797. The quantitative estimate of drug-likeness (QED) is 0.718. The van der Waals surface area contributed by atoms with Crippen molar-refractivity contribution in [2.75, 3.05) is 39.3 Å². The first kappa shape index (κ1) is 18.8. The molecule has 1 aliphatic heterocycles. The van der Waals surface area contributed by atoms with Crippen molar-refractivity contribution >= 4 is 15.9 Å². The number of nitriles is 1. The van der Waals surface area contributed by atoms with Gasteiger partial charge in [-0.3, -0.25) is 9.69 Å². The van der Waals surface area contributed by atoms with Crippen LogP contribution in [0.2, 0.25) is 0 Å². The zero-order valence-corrected chi connectivity index (χ0v) is 15.5. The predicted molar refractivity (Wildman–Crippen MR) is 96.9 cm³/mol. The Morgan fingerprint density at radius 1 is 1.15 bits per heavy atom. The summed E-state index contributed by atoms with van der Waals surface area (Å²) in [5, 5.41) is 8.49. The molecule has 8 heteroatoms. The van der Waals surface area contributed by atoms with Gasteiger partial charge in [0.1, 0.15) is 0 Å². The number of amides is 1. The Hall–Kier alpha value is -1.95. The van der Waals surface area contributed by atoms with Crippen molar-refractivity contribution in [3.63, 3.8) is 0 Å². The van der Waals surface area contributed by atoms with Crippen LogP contribution < -0.4 is 4.72 Å². The fourth-order valence-electron chi connectivity index (χ4n) is 3.08. The van der Waals surface area contributed by atoms with Gasteiger partial charge in [-0.1, -0.05) is 0 Å². The smallest absolute Gasteiger partial charge is 0.253 e. The van der Waals surface area contributed by atoms with E-state index in [9.17, 15) is 13.2 Å². The Balaban J connectivity index is 1.56. The molecule has 1 aromatic carbocycles. The summed E-state index contributed by atoms with van der Waals surface area (Å²) in [5.41, 5.74) is 0.497. The van der Waals surface area contributed by atoms with Gasteiger partial charge in [-0.25, -0.2) is 13.1 Å². The molecule has 0 bridgehead atoms. The number of benzene rings is 1. The van der Waals surface area contributed by atoms with Crippen molar-refractivity contribution in [2.24, 2.45) is 5.92 Å². The maximum Gasteiger partial charge on any atom is 0.253 e. The molecule has 2 aliphatic rings. The molecule has 3 rings (SSSR count). The molecule has 1 saturated heterocycles. The third kappa shape index (κ3) is 4.81. The molecule has 140 valence electrons. The van der Waals surface area contributed by atoms with Crippen LogP contribution in [-0.2, 0) is 10.0 Å². The standard InChI is InChI=1S/C18H24N4O3S/c19-8-1-9-20-26(24,25)17-6-4-16(5-7-17)18(23)22-12-10-21(11-13-22)14-15-2-3-15/h4-7,15,20H,1-3,9-14H2. The summed E-state index contributed by atoms with van der Waals surface area (Å²) in [4.78, 5) is 17.0. The highest BCUT2D eigenvalue weighted by molar-refractivity contribution is 7.89. The number of nitrogens with zero attached hydrogens (tertiary/aromatic N) is 3. The second kappa shape index (κ2) is 8.16. The Morgan fingerprint density at radius 3 is 2.38 bits per heavy atom. The van der Waals surface area contributed by atoms with Gasteiger partial charge in [0.15, 0.2) is 0 Å². The number of nitrogens with one attached hydrogen (secondary N) is 1. The van der Waals surface area contributed by atoms with Crippen molar-refractivity contribution in [3.05, 3.63) is 29.8 Å². The second-order valence-electron chi connectivity index (χ2n) is 6.87. The van der Waals surface area contributed by atoms with E-state index < -0.39 is 10.0 Å². The number of rotatable bonds is 7. The minimum Gasteiger partial charge on any atom is -0.336 e. The highest BCUT2D eigenvalue weighted by atomic mass is 32.2. The summed E-state index contributed by atoms with van der Waals surface area (Å²) in [7, 11) is -3.65. The number of carbonyl (C=O) groups excluding carboxylic acids is 1. The number of sulfonamides is 1. The van der Waals surface area contributed by atoms with Crippen molar-refractivity contribution in [1.82, 2.24) is 14.5 Å². The molecular weight excluding hydrogens is 352 g/mol. The summed E-state index contributed by atoms with van der Waals surface area (Å²) >= 11 is 0. The van der Waals surface area contributed by atoms with E-state index >= 15 is 0 Å². The van der Waals surface area contributed by atoms with E-state index in [0.29, 0.717) is 18.7 Å². The summed E-state index contributed by atoms with van der Waals surface area (Å²) in [6.45, 7) is 4.44. The van der Waals surface area contributed by atoms with E-state index in [-0.39, 0.29) is 23.8 Å². The molecule has 0 radical (unpaired) electrons. The van der Waals surface area contributed by atoms with Crippen LogP contribution in [0.15, 0.2) is 29.2 Å². The summed E-state index contributed by atoms with van der Waals surface area (Å²) in [6, 6.07) is 7.87. The van der Waals surface area contributed by atoms with Gasteiger partial charge >= 0.3 is 0 Å². The molecule has 1 aromatic rings. The lowest BCUT2D eigenvalue weighted by atomic mass is 10.2. The lowest BCUT2D eigenvalue weighted by Gasteiger charge is -2.34. The van der Waals surface area contributed by atoms with Crippen molar-refractivity contribution < 1.29 is 13.2 Å². The Kier molecular flexibility index (Phi) is 5.91. The first-order chi connectivity index (χ1) is 12.5. The monoisotopic (exact) mass is 376 g/mol. The van der Waals surface area contributed by atoms with E-state index in [1.54, 1.807) is 12.1 Å². The third-order valence-corrected chi connectivity index (χ3v) is 6.29. The molecule has 0 aromatic heterocycles. The largest absolute Gasteiger partial charge is 0.336 e. The van der Waals surface area contributed by atoms with Gasteiger partial charge < -0.3 is 4.90 Å². The molecule has 0 atom stereocenters. The van der Waals surface area contributed by atoms with Crippen LogP contribution in [0.25, 0.3) is 0 Å². The first-order valence-corrected chi connectivity index (χ1v) is 10.5. The van der Waals surface area contributed by atoms with Gasteiger partial charge in [0.05, 0.1) is 11.0 Å². The summed E-state index contributed by atoms with van der Waals surface area (Å²) in [6.07, 6.45) is 2.78. The maximum absolute atomic E-state index is 12.6. The summed E-state index contributed by atoms with van der Waals surface area (Å²) < 4.78 is 26.6. The molecule has 7 nitrogen and oxygen atoms in total. The van der Waals surface area contributed by atoms with E-state index in [1.807, 2.05) is 11.0 Å². The lowest BCUT2D eigenvalue weighted by Crippen LogP contribution is -2.49. The predicted octanol–water partition coefficient (Wildman–Crippen LogP) is 1.05. The number of piperazine rings is 1. The van der Waals surface area contributed by atoms with Crippen LogP contribution in [0.3, 0.4) is 0 Å². The number of carbonyl (C=O) groups is 1. The fraction of sp³-hybridized carbons (Fsp3) is 0.556. The van der Waals surface area contributed by atoms with E-state index in [4.69, 9.17) is 5.26 Å². The van der Waals surface area contributed by atoms with Crippen molar-refractivity contribution in [3.8, 4) is 6.07 Å². The normalized spacial score (nSPS) is 18.5. The third-order valence-electron chi connectivity index (χ3n) is 4.81. The van der Waals surface area contributed by atoms with Crippen molar-refractivity contribution in [2.45, 2.75) is 24.2 Å². The highest BCUT2D eigenvalue weighted by Crippen LogP contribution is 2.30. The molecule has 2 fully saturated rings. The average Bonchev–Trinajstić information content (AvgIpc) is 3.46. The zero-order valence-electron chi connectivity index (χ0n) is 14.7. The van der Waals surface area contributed by atoms with Gasteiger partial charge in [0.2, 0.25) is 10.0 Å². The molecule has 0 spiro atoms. The van der Waals surface area contributed by atoms with Crippen LogP contribution in [0.5, 0.6) is 0 Å². The minimum absolute atomic E-state index is 0.0579. The SMILES string of the molecule is N#CCCNS(=O)(=O)c1ccc(C(=O)N2CCN(CC3CC3)CC2)cc1. The van der Waals surface area contributed by atoms with E-state index in [2.05, 4.69) is 9.62 Å². The maximum atomic E-state index is 12.6. The molecule has 1 saturated carbocycles. The lowest BCUT2D eigenvalue weighted by molar-refractivity contribution is 0.0632. The van der Waals surface area contributed by atoms with Gasteiger partial charge in [-0.15, -0.1) is 0 Å². The van der Waals surface area contributed by atoms with Crippen molar-refractivity contribution in [1.29, 1.82) is 5.26 Å². The zero-order chi connectivity index (χ0) is 18.6. The molecule has 1 amide bonds.